The number of Topliss-reactive ketones (excluding diaryl/α,β-unsaturated/α-hetero) is 1. The van der Waals surface area contributed by atoms with E-state index >= 15 is 0 Å². The Hall–Kier alpha value is -1.02. The summed E-state index contributed by atoms with van der Waals surface area (Å²) < 4.78 is 5.37. The van der Waals surface area contributed by atoms with E-state index in [-0.39, 0.29) is 5.41 Å². The van der Waals surface area contributed by atoms with E-state index < -0.39 is 0 Å². The van der Waals surface area contributed by atoms with Gasteiger partial charge in [0.2, 0.25) is 0 Å². The van der Waals surface area contributed by atoms with Gasteiger partial charge in [-0.25, -0.2) is 0 Å². The maximum Gasteiger partial charge on any atom is 0.139 e. The summed E-state index contributed by atoms with van der Waals surface area (Å²) >= 11 is 6.54. The van der Waals surface area contributed by atoms with E-state index in [1.165, 1.54) is 11.1 Å². The van der Waals surface area contributed by atoms with Crippen molar-refractivity contribution in [2.45, 2.75) is 51.4 Å². The molecule has 0 N–H and O–H groups in total. The van der Waals surface area contributed by atoms with E-state index in [2.05, 4.69) is 13.0 Å². The highest BCUT2D eigenvalue weighted by atomic mass is 35.5. The van der Waals surface area contributed by atoms with Crippen molar-refractivity contribution in [2.24, 2.45) is 17.3 Å². The quantitative estimate of drug-likeness (QED) is 0.745. The summed E-state index contributed by atoms with van der Waals surface area (Å²) in [5, 5.41) is 0.800. The van der Waals surface area contributed by atoms with E-state index in [1.807, 2.05) is 6.07 Å². The van der Waals surface area contributed by atoms with Gasteiger partial charge in [0, 0.05) is 11.8 Å². The molecule has 0 bridgehead atoms. The number of fused-ring (bicyclic) bond motifs is 5. The van der Waals surface area contributed by atoms with Crippen molar-refractivity contribution in [1.29, 1.82) is 0 Å². The van der Waals surface area contributed by atoms with Crippen molar-refractivity contribution < 1.29 is 9.53 Å². The van der Waals surface area contributed by atoms with Crippen LogP contribution >= 0.6 is 11.6 Å². The molecule has 0 unspecified atom stereocenters. The Bertz CT molecular complexity index is 639. The van der Waals surface area contributed by atoms with Gasteiger partial charge in [-0.1, -0.05) is 24.6 Å². The van der Waals surface area contributed by atoms with Gasteiger partial charge in [-0.3, -0.25) is 4.79 Å². The monoisotopic (exact) mass is 318 g/mol. The second-order valence-electron chi connectivity index (χ2n) is 7.48. The third-order valence-electron chi connectivity index (χ3n) is 6.74. The van der Waals surface area contributed by atoms with Crippen molar-refractivity contribution in [1.82, 2.24) is 0 Å². The lowest BCUT2D eigenvalue weighted by molar-refractivity contribution is -0.129. The lowest BCUT2D eigenvalue weighted by atomic mass is 9.55. The summed E-state index contributed by atoms with van der Waals surface area (Å²) in [4.78, 5) is 12.4. The number of halogens is 1. The minimum absolute atomic E-state index is 0.0467. The third kappa shape index (κ3) is 1.83. The molecule has 3 aliphatic rings. The Balaban J connectivity index is 1.73. The molecule has 4 atom stereocenters. The van der Waals surface area contributed by atoms with Gasteiger partial charge < -0.3 is 4.74 Å². The maximum absolute atomic E-state index is 12.4. The van der Waals surface area contributed by atoms with E-state index in [0.717, 1.165) is 49.3 Å². The van der Waals surface area contributed by atoms with E-state index in [4.69, 9.17) is 16.3 Å². The molecule has 4 rings (SSSR count). The molecule has 0 saturated heterocycles. The SMILES string of the molecule is COc1ccc2c(c1Cl)CC[C@@H]1[C@@H]2CC[C@]2(C)C(=O)CC[C@@H]12. The van der Waals surface area contributed by atoms with Crippen LogP contribution in [0.5, 0.6) is 5.75 Å². The van der Waals surface area contributed by atoms with Crippen LogP contribution < -0.4 is 4.74 Å². The molecule has 1 aromatic rings. The molecule has 0 radical (unpaired) electrons. The van der Waals surface area contributed by atoms with Gasteiger partial charge in [0.15, 0.2) is 0 Å². The van der Waals surface area contributed by atoms with Gasteiger partial charge in [-0.2, -0.15) is 0 Å². The van der Waals surface area contributed by atoms with Crippen LogP contribution in [0.3, 0.4) is 0 Å². The van der Waals surface area contributed by atoms with Crippen LogP contribution in [0.15, 0.2) is 12.1 Å². The lowest BCUT2D eigenvalue weighted by Gasteiger charge is -2.48. The fourth-order valence-corrected chi connectivity index (χ4v) is 5.88. The number of ketones is 1. The maximum atomic E-state index is 12.4. The normalized spacial score (nSPS) is 36.5. The smallest absolute Gasteiger partial charge is 0.139 e. The van der Waals surface area contributed by atoms with E-state index in [0.29, 0.717) is 23.5 Å². The van der Waals surface area contributed by atoms with Crippen molar-refractivity contribution in [3.63, 3.8) is 0 Å². The summed E-state index contributed by atoms with van der Waals surface area (Å²) in [5.41, 5.74) is 2.66. The van der Waals surface area contributed by atoms with Gasteiger partial charge in [-0.05, 0) is 67.1 Å². The van der Waals surface area contributed by atoms with Crippen molar-refractivity contribution in [2.75, 3.05) is 7.11 Å². The first-order valence-electron chi connectivity index (χ1n) is 8.45. The van der Waals surface area contributed by atoms with Crippen molar-refractivity contribution in [3.8, 4) is 5.75 Å². The molecule has 2 nitrogen and oxygen atoms in total. The number of methoxy groups -OCH3 is 1. The van der Waals surface area contributed by atoms with E-state index in [1.54, 1.807) is 7.11 Å². The molecule has 0 heterocycles. The summed E-state index contributed by atoms with van der Waals surface area (Å²) in [6, 6.07) is 4.23. The number of hydrogen-bond donors (Lipinski definition) is 0. The number of ether oxygens (including phenoxy) is 1. The number of rotatable bonds is 1. The molecule has 3 heteroatoms. The molecule has 3 aliphatic carbocycles. The van der Waals surface area contributed by atoms with Crippen LogP contribution in [0.25, 0.3) is 0 Å². The highest BCUT2D eigenvalue weighted by Gasteiger charge is 2.54. The largest absolute Gasteiger partial charge is 0.495 e. The molecule has 0 amide bonds. The van der Waals surface area contributed by atoms with Crippen LogP contribution in [0.2, 0.25) is 5.02 Å². The number of carbonyl (C=O) groups excluding carboxylic acids is 1. The van der Waals surface area contributed by atoms with Gasteiger partial charge in [0.05, 0.1) is 12.1 Å². The summed E-state index contributed by atoms with van der Waals surface area (Å²) in [5.74, 6) is 3.11. The highest BCUT2D eigenvalue weighted by Crippen LogP contribution is 2.60. The van der Waals surface area contributed by atoms with Gasteiger partial charge in [-0.15, -0.1) is 0 Å². The first-order valence-corrected chi connectivity index (χ1v) is 8.82. The molecule has 0 spiro atoms. The average Bonchev–Trinajstić information content (AvgIpc) is 2.83. The van der Waals surface area contributed by atoms with E-state index in [9.17, 15) is 4.79 Å². The second kappa shape index (κ2) is 4.99. The first kappa shape index (κ1) is 14.6. The predicted molar refractivity (Wildman–Crippen MR) is 87.6 cm³/mol. The molecule has 1 aromatic carbocycles. The molecule has 2 saturated carbocycles. The van der Waals surface area contributed by atoms with Crippen LogP contribution in [0.1, 0.15) is 56.1 Å². The van der Waals surface area contributed by atoms with Gasteiger partial charge >= 0.3 is 0 Å². The topological polar surface area (TPSA) is 26.3 Å². The van der Waals surface area contributed by atoms with Crippen LogP contribution in [-0.4, -0.2) is 12.9 Å². The zero-order valence-electron chi connectivity index (χ0n) is 13.3. The Morgan fingerprint density at radius 1 is 1.23 bits per heavy atom. The van der Waals surface area contributed by atoms with Crippen LogP contribution in [0, 0.1) is 17.3 Å². The summed E-state index contributed by atoms with van der Waals surface area (Å²) in [6.45, 7) is 2.22. The molecule has 118 valence electrons. The number of hydrogen-bond acceptors (Lipinski definition) is 2. The zero-order chi connectivity index (χ0) is 15.5. The zero-order valence-corrected chi connectivity index (χ0v) is 14.1. The minimum atomic E-state index is -0.0467. The van der Waals surface area contributed by atoms with Crippen molar-refractivity contribution in [3.05, 3.63) is 28.3 Å². The first-order chi connectivity index (χ1) is 10.6. The van der Waals surface area contributed by atoms with Crippen LogP contribution in [0.4, 0.5) is 0 Å². The Morgan fingerprint density at radius 2 is 2.05 bits per heavy atom. The second-order valence-corrected chi connectivity index (χ2v) is 7.86. The Morgan fingerprint density at radius 3 is 2.82 bits per heavy atom. The van der Waals surface area contributed by atoms with Gasteiger partial charge in [0.25, 0.3) is 0 Å². The summed E-state index contributed by atoms with van der Waals surface area (Å²) in [7, 11) is 1.68. The van der Waals surface area contributed by atoms with Crippen molar-refractivity contribution >= 4 is 17.4 Å². The molecule has 0 aliphatic heterocycles. The molecular formula is C19H23ClO2. The fraction of sp³-hybridized carbons (Fsp3) is 0.632. The lowest BCUT2D eigenvalue weighted by Crippen LogP contribution is -2.42. The average molecular weight is 319 g/mol. The van der Waals surface area contributed by atoms with Crippen LogP contribution in [-0.2, 0) is 11.2 Å². The minimum Gasteiger partial charge on any atom is -0.495 e. The highest BCUT2D eigenvalue weighted by molar-refractivity contribution is 6.33. The number of benzene rings is 1. The standard InChI is InChI=1S/C19H23ClO2/c1-19-10-9-12-11-5-7-16(22-2)18(20)14(11)4-3-13(12)15(19)6-8-17(19)21/h5,7,12-13,15H,3-4,6,8-10H2,1-2H3/t12-,13-,15+,19+/m1/s1. The predicted octanol–water partition coefficient (Wildman–Crippen LogP) is 4.77. The fourth-order valence-electron chi connectivity index (χ4n) is 5.53. The van der Waals surface area contributed by atoms with Gasteiger partial charge in [0.1, 0.15) is 11.5 Å². The Kier molecular flexibility index (Phi) is 3.30. The molecular weight excluding hydrogens is 296 g/mol. The molecule has 0 aromatic heterocycles. The number of carbonyl (C=O) groups is 1. The Labute approximate surface area is 137 Å². The molecule has 22 heavy (non-hydrogen) atoms. The third-order valence-corrected chi connectivity index (χ3v) is 7.15. The molecule has 2 fully saturated rings. The summed E-state index contributed by atoms with van der Waals surface area (Å²) in [6.07, 6.45) is 6.24.